The van der Waals surface area contributed by atoms with Crippen LogP contribution in [0.2, 0.25) is 0 Å². The first-order valence-corrected chi connectivity index (χ1v) is 6.87. The lowest BCUT2D eigenvalue weighted by atomic mass is 10.1. The second-order valence-electron chi connectivity index (χ2n) is 4.61. The number of pyridine rings is 1. The maximum Gasteiger partial charge on any atom is 0.129 e. The number of nitrogens with zero attached hydrogens (tertiary/aromatic N) is 1. The summed E-state index contributed by atoms with van der Waals surface area (Å²) in [4.78, 5) is 4.63. The molecule has 0 saturated carbocycles. The molecule has 2 rings (SSSR count). The van der Waals surface area contributed by atoms with Gasteiger partial charge < -0.3 is 10.1 Å². The third kappa shape index (κ3) is 3.82. The Morgan fingerprint density at radius 2 is 2.16 bits per heavy atom. The van der Waals surface area contributed by atoms with E-state index in [0.29, 0.717) is 6.61 Å². The predicted molar refractivity (Wildman–Crippen MR) is 81.1 cm³/mol. The average molecular weight is 279 g/mol. The highest BCUT2D eigenvalue weighted by atomic mass is 35.5. The Hall–Kier alpha value is -1.32. The molecule has 1 N–H and O–H groups in total. The van der Waals surface area contributed by atoms with Gasteiger partial charge in [-0.15, -0.1) is 11.6 Å². The van der Waals surface area contributed by atoms with Crippen molar-refractivity contribution in [3.8, 4) is 0 Å². The number of methoxy groups -OCH3 is 1. The molecule has 0 saturated heterocycles. The number of rotatable bonds is 6. The molecule has 3 nitrogen and oxygen atoms in total. The molecule has 0 radical (unpaired) electrons. The van der Waals surface area contributed by atoms with Gasteiger partial charge in [0.2, 0.25) is 0 Å². The van der Waals surface area contributed by atoms with Crippen molar-refractivity contribution in [2.45, 2.75) is 18.7 Å². The number of aryl methyl sites for hydroxylation is 1. The molecule has 1 aromatic heterocycles. The molecule has 1 aromatic carbocycles. The van der Waals surface area contributed by atoms with E-state index in [0.717, 1.165) is 29.9 Å². The minimum atomic E-state index is 0.0401. The Labute approximate surface area is 118 Å². The summed E-state index contributed by atoms with van der Waals surface area (Å²) in [7, 11) is 1.66. The van der Waals surface area contributed by atoms with Crippen molar-refractivity contribution >= 4 is 28.3 Å². The van der Waals surface area contributed by atoms with Crippen LogP contribution in [0, 0.1) is 6.92 Å². The minimum Gasteiger partial charge on any atom is -0.383 e. The summed E-state index contributed by atoms with van der Waals surface area (Å²) in [6.45, 7) is 3.44. The number of alkyl halides is 1. The van der Waals surface area contributed by atoms with Gasteiger partial charge in [-0.3, -0.25) is 0 Å². The lowest BCUT2D eigenvalue weighted by Crippen LogP contribution is -2.14. The lowest BCUT2D eigenvalue weighted by Gasteiger charge is -2.12. The molecule has 19 heavy (non-hydrogen) atoms. The Morgan fingerprint density at radius 3 is 2.95 bits per heavy atom. The second kappa shape index (κ2) is 6.73. The first-order chi connectivity index (χ1) is 9.20. The second-order valence-corrected chi connectivity index (χ2v) is 5.23. The fourth-order valence-corrected chi connectivity index (χ4v) is 2.25. The molecule has 0 amide bonds. The third-order valence-electron chi connectivity index (χ3n) is 3.01. The number of fused-ring (bicyclic) bond motifs is 1. The van der Waals surface area contributed by atoms with E-state index < -0.39 is 0 Å². The van der Waals surface area contributed by atoms with Crippen molar-refractivity contribution in [2.24, 2.45) is 0 Å². The first kappa shape index (κ1) is 14.1. The van der Waals surface area contributed by atoms with Crippen molar-refractivity contribution in [1.29, 1.82) is 0 Å². The van der Waals surface area contributed by atoms with Crippen LogP contribution in [0.4, 0.5) is 5.82 Å². The zero-order chi connectivity index (χ0) is 13.7. The van der Waals surface area contributed by atoms with Crippen LogP contribution in [0.1, 0.15) is 12.0 Å². The maximum absolute atomic E-state index is 6.10. The van der Waals surface area contributed by atoms with E-state index >= 15 is 0 Å². The van der Waals surface area contributed by atoms with Crippen LogP contribution in [-0.4, -0.2) is 30.6 Å². The summed E-state index contributed by atoms with van der Waals surface area (Å²) in [6.07, 6.45) is 0.851. The summed E-state index contributed by atoms with van der Waals surface area (Å²) in [6, 6.07) is 10.3. The molecule has 0 spiro atoms. The van der Waals surface area contributed by atoms with Gasteiger partial charge in [0.1, 0.15) is 5.82 Å². The van der Waals surface area contributed by atoms with Crippen LogP contribution in [0.5, 0.6) is 0 Å². The van der Waals surface area contributed by atoms with Gasteiger partial charge in [0.05, 0.1) is 17.5 Å². The number of hydrogen-bond donors (Lipinski definition) is 1. The predicted octanol–water partition coefficient (Wildman–Crippen LogP) is 3.60. The molecule has 4 heteroatoms. The topological polar surface area (TPSA) is 34.1 Å². The minimum absolute atomic E-state index is 0.0401. The number of ether oxygens (including phenoxy) is 1. The quantitative estimate of drug-likeness (QED) is 0.820. The van der Waals surface area contributed by atoms with Crippen LogP contribution < -0.4 is 5.32 Å². The van der Waals surface area contributed by atoms with Crippen molar-refractivity contribution in [2.75, 3.05) is 25.6 Å². The van der Waals surface area contributed by atoms with Crippen LogP contribution in [-0.2, 0) is 4.74 Å². The highest BCUT2D eigenvalue weighted by Crippen LogP contribution is 2.19. The molecule has 1 unspecified atom stereocenters. The molecule has 2 aromatic rings. The maximum atomic E-state index is 6.10. The van der Waals surface area contributed by atoms with E-state index in [2.05, 4.69) is 29.4 Å². The number of anilines is 1. The van der Waals surface area contributed by atoms with Crippen LogP contribution in [0.25, 0.3) is 10.9 Å². The number of nitrogens with one attached hydrogen (secondary N) is 1. The standard InChI is InChI=1S/C15H19ClN2O/c1-11-9-12-5-3-4-6-14(12)18-15(11)17-8-7-13(16)10-19-2/h3-6,9,13H,7-8,10H2,1-2H3,(H,17,18). The smallest absolute Gasteiger partial charge is 0.129 e. The summed E-state index contributed by atoms with van der Waals surface area (Å²) >= 11 is 6.10. The number of para-hydroxylation sites is 1. The van der Waals surface area contributed by atoms with E-state index in [9.17, 15) is 0 Å². The Kier molecular flexibility index (Phi) is 5.00. The SMILES string of the molecule is COCC(Cl)CCNc1nc2ccccc2cc1C. The zero-order valence-electron chi connectivity index (χ0n) is 11.3. The van der Waals surface area contributed by atoms with Crippen molar-refractivity contribution < 1.29 is 4.74 Å². The third-order valence-corrected chi connectivity index (χ3v) is 3.36. The summed E-state index contributed by atoms with van der Waals surface area (Å²) in [5, 5.41) is 4.55. The Bertz CT molecular complexity index is 545. The van der Waals surface area contributed by atoms with Crippen LogP contribution in [0.15, 0.2) is 30.3 Å². The van der Waals surface area contributed by atoms with Gasteiger partial charge in [0.15, 0.2) is 0 Å². The molecule has 102 valence electrons. The Balaban J connectivity index is 2.02. The van der Waals surface area contributed by atoms with Gasteiger partial charge >= 0.3 is 0 Å². The lowest BCUT2D eigenvalue weighted by molar-refractivity contribution is 0.196. The van der Waals surface area contributed by atoms with Crippen molar-refractivity contribution in [1.82, 2.24) is 4.98 Å². The summed E-state index contributed by atoms with van der Waals surface area (Å²) < 4.78 is 5.01. The van der Waals surface area contributed by atoms with Gasteiger partial charge in [0, 0.05) is 19.0 Å². The zero-order valence-corrected chi connectivity index (χ0v) is 12.1. The van der Waals surface area contributed by atoms with E-state index in [1.54, 1.807) is 7.11 Å². The first-order valence-electron chi connectivity index (χ1n) is 6.44. The average Bonchev–Trinajstić information content (AvgIpc) is 2.39. The molecule has 1 atom stereocenters. The van der Waals surface area contributed by atoms with Crippen molar-refractivity contribution in [3.05, 3.63) is 35.9 Å². The fourth-order valence-electron chi connectivity index (χ4n) is 2.01. The molecule has 0 aliphatic rings. The fraction of sp³-hybridized carbons (Fsp3) is 0.400. The molecule has 1 heterocycles. The molecule has 0 aliphatic carbocycles. The highest BCUT2D eigenvalue weighted by Gasteiger charge is 2.06. The molecule has 0 fully saturated rings. The van der Waals surface area contributed by atoms with Gasteiger partial charge in [-0.05, 0) is 31.0 Å². The van der Waals surface area contributed by atoms with Gasteiger partial charge in [0.25, 0.3) is 0 Å². The number of aromatic nitrogens is 1. The van der Waals surface area contributed by atoms with Crippen LogP contribution >= 0.6 is 11.6 Å². The Morgan fingerprint density at radius 1 is 1.37 bits per heavy atom. The van der Waals surface area contributed by atoms with E-state index in [4.69, 9.17) is 16.3 Å². The molecule has 0 bridgehead atoms. The molecular formula is C15H19ClN2O. The van der Waals surface area contributed by atoms with Gasteiger partial charge in [-0.25, -0.2) is 4.98 Å². The number of hydrogen-bond acceptors (Lipinski definition) is 3. The summed E-state index contributed by atoms with van der Waals surface area (Å²) in [5.41, 5.74) is 2.16. The molecule has 0 aliphatic heterocycles. The van der Waals surface area contributed by atoms with Gasteiger partial charge in [-0.2, -0.15) is 0 Å². The van der Waals surface area contributed by atoms with E-state index in [-0.39, 0.29) is 5.38 Å². The largest absolute Gasteiger partial charge is 0.383 e. The molecular weight excluding hydrogens is 260 g/mol. The van der Waals surface area contributed by atoms with E-state index in [1.807, 2.05) is 18.2 Å². The number of benzene rings is 1. The highest BCUT2D eigenvalue weighted by molar-refractivity contribution is 6.20. The van der Waals surface area contributed by atoms with Gasteiger partial charge in [-0.1, -0.05) is 18.2 Å². The van der Waals surface area contributed by atoms with Crippen molar-refractivity contribution in [3.63, 3.8) is 0 Å². The van der Waals surface area contributed by atoms with E-state index in [1.165, 1.54) is 5.39 Å². The number of halogens is 1. The normalized spacial score (nSPS) is 12.6. The monoisotopic (exact) mass is 278 g/mol. The summed E-state index contributed by atoms with van der Waals surface area (Å²) in [5.74, 6) is 0.931. The van der Waals surface area contributed by atoms with Crippen LogP contribution in [0.3, 0.4) is 0 Å².